The third kappa shape index (κ3) is 19.2. The van der Waals surface area contributed by atoms with E-state index in [1.54, 1.807) is 6.08 Å². The topological polar surface area (TPSA) is 427 Å². The molecule has 0 aromatic heterocycles. The Kier molecular flexibility index (Phi) is 26.7. The molecule has 1 unspecified atom stereocenters. The van der Waals surface area contributed by atoms with E-state index in [0.717, 1.165) is 52.9 Å². The van der Waals surface area contributed by atoms with Gasteiger partial charge in [-0.15, -0.1) is 0 Å². The summed E-state index contributed by atoms with van der Waals surface area (Å²) in [6.07, 6.45) is -12.0. The summed E-state index contributed by atoms with van der Waals surface area (Å²) in [5.74, 6) is -3.01. The first kappa shape index (κ1) is 64.1. The molecular formula is C46H78N4O24S. The van der Waals surface area contributed by atoms with Gasteiger partial charge in [0, 0.05) is 27.2 Å². The summed E-state index contributed by atoms with van der Waals surface area (Å²) in [6, 6.07) is -6.63. The number of carbonyl (C=O) groups is 4. The monoisotopic (exact) mass is 1100 g/mol. The number of rotatable bonds is 28. The summed E-state index contributed by atoms with van der Waals surface area (Å²) in [7, 11) is -5.15. The molecule has 4 fully saturated rings. The minimum absolute atomic E-state index is 0.151. The second-order valence-corrected chi connectivity index (χ2v) is 19.9. The van der Waals surface area contributed by atoms with Crippen LogP contribution in [0.15, 0.2) is 24.3 Å². The molecule has 0 aliphatic carbocycles. The molecule has 4 aliphatic heterocycles. The molecule has 0 bridgehead atoms. The fourth-order valence-corrected chi connectivity index (χ4v) is 9.38. The van der Waals surface area contributed by atoms with Crippen LogP contribution >= 0.6 is 0 Å². The number of nitrogens with one attached hydrogen (secondary N) is 4. The quantitative estimate of drug-likeness (QED) is 0.0200. The van der Waals surface area contributed by atoms with Crippen molar-refractivity contribution in [1.29, 1.82) is 0 Å². The Bertz CT molecular complexity index is 1960. The maximum atomic E-state index is 13.2. The fraction of sp³-hybridized carbons (Fsp3) is 0.826. The van der Waals surface area contributed by atoms with Crippen LogP contribution in [0.2, 0.25) is 0 Å². The zero-order valence-electron chi connectivity index (χ0n) is 42.4. The van der Waals surface area contributed by atoms with Crippen molar-refractivity contribution in [2.75, 3.05) is 26.4 Å². The third-order valence-electron chi connectivity index (χ3n) is 12.8. The van der Waals surface area contributed by atoms with Gasteiger partial charge in [-0.25, -0.2) is 4.18 Å². The van der Waals surface area contributed by atoms with Crippen LogP contribution in [0.5, 0.6) is 0 Å². The standard InChI is InChI=1S/C46H78N4O24S/c1-5-6-7-8-9-10-11-12-13-14-15-16-17-18-30(57)50-32-36(59)35(58)26(19-51)69-44(32)72-40-27(20-52)70-45(33(38(40)61)48-24(3)55)73-41-28(21-53)71-46(34(39(41)62)49-25(4)56)74-42-29(22-67-75(64,65)66)68-43(63)31(37(42)60)47-23(2)54/h9-10,16-17,26-29,31-46,51-53,58-63H,5-8,11-15,18-22H2,1-4H3,(H,47,54)(H,48,55)(H,49,56)(H,50,57)(H,64,65,66)/b10-9-,17-16+/t26-,27-,28-,29-,31-,32-,33-,34-,35-,36-,37-,38-,39-,40-,41-,42-,43?,44+,45+,46+/m1/s1. The third-order valence-corrected chi connectivity index (χ3v) is 13.3. The van der Waals surface area contributed by atoms with Gasteiger partial charge in [0.25, 0.3) is 0 Å². The second kappa shape index (κ2) is 31.3. The molecule has 0 aromatic carbocycles. The zero-order valence-corrected chi connectivity index (χ0v) is 43.2. The van der Waals surface area contributed by atoms with Crippen LogP contribution < -0.4 is 21.3 Å². The van der Waals surface area contributed by atoms with Crippen LogP contribution in [0.25, 0.3) is 0 Å². The first-order valence-corrected chi connectivity index (χ1v) is 26.4. The van der Waals surface area contributed by atoms with E-state index in [-0.39, 0.29) is 6.42 Å². The van der Waals surface area contributed by atoms with Crippen molar-refractivity contribution in [2.24, 2.45) is 0 Å². The van der Waals surface area contributed by atoms with Crippen molar-refractivity contribution in [1.82, 2.24) is 21.3 Å². The van der Waals surface area contributed by atoms with E-state index in [0.29, 0.717) is 6.42 Å². The number of aliphatic hydroxyl groups is 9. The Morgan fingerprint density at radius 1 is 0.507 bits per heavy atom. The van der Waals surface area contributed by atoms with Crippen LogP contribution in [-0.2, 0) is 66.9 Å². The molecular weight excluding hydrogens is 1020 g/mol. The van der Waals surface area contributed by atoms with Gasteiger partial charge in [0.05, 0.1) is 26.4 Å². The maximum Gasteiger partial charge on any atom is 0.397 e. The molecule has 4 aliphatic rings. The predicted octanol–water partition coefficient (Wildman–Crippen LogP) is -4.33. The molecule has 28 nitrogen and oxygen atoms in total. The molecule has 75 heavy (non-hydrogen) atoms. The van der Waals surface area contributed by atoms with E-state index < -0.39 is 183 Å². The van der Waals surface area contributed by atoms with E-state index in [1.165, 1.54) is 19.3 Å². The minimum Gasteiger partial charge on any atom is -0.394 e. The van der Waals surface area contributed by atoms with Gasteiger partial charge in [-0.05, 0) is 38.5 Å². The van der Waals surface area contributed by atoms with Gasteiger partial charge in [-0.1, -0.05) is 50.5 Å². The van der Waals surface area contributed by atoms with Gasteiger partial charge < -0.3 is 100 Å². The van der Waals surface area contributed by atoms with E-state index in [2.05, 4.69) is 44.5 Å². The smallest absolute Gasteiger partial charge is 0.394 e. The van der Waals surface area contributed by atoms with Crippen LogP contribution in [-0.4, -0.2) is 232 Å². The Labute approximate surface area is 434 Å². The van der Waals surface area contributed by atoms with Crippen molar-refractivity contribution >= 4 is 34.0 Å². The molecule has 4 heterocycles. The summed E-state index contributed by atoms with van der Waals surface area (Å²) in [5, 5.41) is 109. The fourth-order valence-electron chi connectivity index (χ4n) is 9.08. The lowest BCUT2D eigenvalue weighted by Crippen LogP contribution is -2.71. The van der Waals surface area contributed by atoms with Crippen molar-refractivity contribution in [3.05, 3.63) is 24.3 Å². The van der Waals surface area contributed by atoms with Gasteiger partial charge in [0.15, 0.2) is 25.2 Å². The Morgan fingerprint density at radius 3 is 1.35 bits per heavy atom. The first-order valence-electron chi connectivity index (χ1n) is 25.1. The van der Waals surface area contributed by atoms with E-state index in [1.807, 2.05) is 6.08 Å². The molecule has 0 saturated carbocycles. The van der Waals surface area contributed by atoms with Crippen LogP contribution in [0.1, 0.15) is 91.9 Å². The number of aliphatic hydroxyl groups excluding tert-OH is 9. The van der Waals surface area contributed by atoms with Crippen molar-refractivity contribution in [3.8, 4) is 0 Å². The largest absolute Gasteiger partial charge is 0.397 e. The molecule has 4 saturated heterocycles. The molecule has 0 aromatic rings. The summed E-state index contributed by atoms with van der Waals surface area (Å²) < 4.78 is 77.8. The zero-order chi connectivity index (χ0) is 55.6. The molecule has 4 amide bonds. The molecule has 20 atom stereocenters. The maximum absolute atomic E-state index is 13.2. The minimum atomic E-state index is -5.15. The van der Waals surface area contributed by atoms with Gasteiger partial charge in [0.1, 0.15) is 97.4 Å². The Hall–Kier alpha value is -3.41. The highest BCUT2D eigenvalue weighted by Crippen LogP contribution is 2.35. The SMILES string of the molecule is CCCCC/C=C\CCCCC/C=C/CC(=O)N[C@H]1[C@H](O[C@H]2[C@H](O)[C@@H](NC(C)=O)[C@H](O[C@H]3[C@H](O)[C@@H](NC(C)=O)[C@H](O[C@H]4[C@H](O)[C@@H](NC(C)=O)C(O)O[C@@H]4COS(=O)(=O)O)O[C@@H]3CO)O[C@@H]2CO)O[C@H](CO)[C@@H](O)[C@@H]1O. The number of amides is 4. The van der Waals surface area contributed by atoms with Gasteiger partial charge in [-0.3, -0.25) is 23.7 Å². The molecule has 4 rings (SSSR count). The lowest BCUT2D eigenvalue weighted by atomic mass is 9.93. The summed E-state index contributed by atoms with van der Waals surface area (Å²) >= 11 is 0. The average molecular weight is 1100 g/mol. The van der Waals surface area contributed by atoms with Crippen molar-refractivity contribution in [2.45, 2.75) is 214 Å². The molecule has 14 N–H and O–H groups in total. The summed E-state index contributed by atoms with van der Waals surface area (Å²) in [4.78, 5) is 50.4. The van der Waals surface area contributed by atoms with Crippen LogP contribution in [0, 0.1) is 0 Å². The highest BCUT2D eigenvalue weighted by Gasteiger charge is 2.56. The Balaban J connectivity index is 1.52. The molecule has 0 radical (unpaired) electrons. The van der Waals surface area contributed by atoms with E-state index in [4.69, 9.17) is 33.2 Å². The number of hydrogen-bond donors (Lipinski definition) is 14. The number of unbranched alkanes of at least 4 members (excludes halogenated alkanes) is 7. The van der Waals surface area contributed by atoms with Gasteiger partial charge >= 0.3 is 10.4 Å². The summed E-state index contributed by atoms with van der Waals surface area (Å²) in [6.45, 7) is 1.35. The highest BCUT2D eigenvalue weighted by atomic mass is 32.3. The van der Waals surface area contributed by atoms with Crippen molar-refractivity contribution in [3.63, 3.8) is 0 Å². The first-order chi connectivity index (χ1) is 35.5. The number of ether oxygens (including phenoxy) is 7. The normalized spacial score (nSPS) is 36.6. The number of carbonyl (C=O) groups excluding carboxylic acids is 4. The molecule has 29 heteroatoms. The van der Waals surface area contributed by atoms with Gasteiger partial charge in [0.2, 0.25) is 23.6 Å². The number of hydrogen-bond acceptors (Lipinski definition) is 23. The predicted molar refractivity (Wildman–Crippen MR) is 255 cm³/mol. The summed E-state index contributed by atoms with van der Waals surface area (Å²) in [5.41, 5.74) is 0. The second-order valence-electron chi connectivity index (χ2n) is 18.8. The average Bonchev–Trinajstić information content (AvgIpc) is 3.34. The lowest BCUT2D eigenvalue weighted by Gasteiger charge is -2.51. The van der Waals surface area contributed by atoms with E-state index >= 15 is 0 Å². The molecule has 432 valence electrons. The highest BCUT2D eigenvalue weighted by molar-refractivity contribution is 7.80. The van der Waals surface area contributed by atoms with E-state index in [9.17, 15) is 78.1 Å². The van der Waals surface area contributed by atoms with Crippen molar-refractivity contribution < 1.29 is 115 Å². The lowest BCUT2D eigenvalue weighted by molar-refractivity contribution is -0.361. The van der Waals surface area contributed by atoms with Crippen LogP contribution in [0.3, 0.4) is 0 Å². The Morgan fingerprint density at radius 2 is 0.907 bits per heavy atom. The number of allylic oxidation sites excluding steroid dienone is 3. The van der Waals surface area contributed by atoms with Crippen LogP contribution in [0.4, 0.5) is 0 Å². The van der Waals surface area contributed by atoms with Gasteiger partial charge in [-0.2, -0.15) is 8.42 Å². The molecule has 0 spiro atoms.